The first-order valence-electron chi connectivity index (χ1n) is 13.2. The minimum Gasteiger partial charge on any atom is -0.395 e. The largest absolute Gasteiger partial charge is 0.416 e. The molecule has 5 N–H and O–H groups in total. The maximum atomic E-state index is 14.2. The second-order valence-corrected chi connectivity index (χ2v) is 13.2. The van der Waals surface area contributed by atoms with E-state index in [0.717, 1.165) is 10.7 Å². The van der Waals surface area contributed by atoms with E-state index in [9.17, 15) is 46.8 Å². The Bertz CT molecular complexity index is 1400. The van der Waals surface area contributed by atoms with Crippen LogP contribution in [0.3, 0.4) is 0 Å². The summed E-state index contributed by atoms with van der Waals surface area (Å²) >= 11 is 0. The molecule has 6 atom stereocenters. The van der Waals surface area contributed by atoms with Crippen molar-refractivity contribution in [3.05, 3.63) is 71.2 Å². The molecule has 3 heterocycles. The lowest BCUT2D eigenvalue weighted by Crippen LogP contribution is -2.54. The lowest BCUT2D eigenvalue weighted by molar-refractivity contribution is -0.138. The van der Waals surface area contributed by atoms with Gasteiger partial charge in [0.25, 0.3) is 0 Å². The molecule has 1 aromatic heterocycles. The average molecular weight is 621 g/mol. The Hall–Kier alpha value is -2.69. The fraction of sp³-hybridized carbons (Fsp3) is 0.481. The summed E-state index contributed by atoms with van der Waals surface area (Å²) in [4.78, 5) is 0. The first-order valence-corrected chi connectivity index (χ1v) is 14.9. The molecule has 2 fully saturated rings. The fourth-order valence-electron chi connectivity index (χ4n) is 6.11. The Balaban J connectivity index is 1.53. The van der Waals surface area contributed by atoms with E-state index in [-0.39, 0.29) is 35.4 Å². The number of aliphatic hydroxyl groups excluding tert-OH is 3. The Labute approximate surface area is 239 Å². The van der Waals surface area contributed by atoms with Crippen molar-refractivity contribution in [2.45, 2.75) is 53.4 Å². The van der Waals surface area contributed by atoms with Gasteiger partial charge in [0.1, 0.15) is 11.7 Å². The minimum atomic E-state index is -4.74. The topological polar surface area (TPSA) is 124 Å². The van der Waals surface area contributed by atoms with Crippen LogP contribution in [0.5, 0.6) is 0 Å². The van der Waals surface area contributed by atoms with E-state index in [1.807, 2.05) is 0 Å². The molecule has 2 aliphatic rings. The van der Waals surface area contributed by atoms with Crippen LogP contribution in [0.1, 0.15) is 35.3 Å². The van der Waals surface area contributed by atoms with Crippen LogP contribution in [-0.4, -0.2) is 83.9 Å². The SMILES string of the molecule is OC[C@@H]1[C@H](O)[C@@H](n2cc(-c3cc(F)c(F)c(F)c3)nn2)[C@@H](O)C[SH]1[C@H](c1ccccc1C(F)(F)F)C1(O)CCNCC1. The van der Waals surface area contributed by atoms with Gasteiger partial charge in [0.15, 0.2) is 17.5 Å². The number of nitrogens with zero attached hydrogens (tertiary/aromatic N) is 3. The number of rotatable bonds is 6. The van der Waals surface area contributed by atoms with Crippen LogP contribution in [0, 0.1) is 17.5 Å². The summed E-state index contributed by atoms with van der Waals surface area (Å²) in [7, 11) is -1.88. The zero-order valence-electron chi connectivity index (χ0n) is 22.0. The van der Waals surface area contributed by atoms with E-state index in [4.69, 9.17) is 0 Å². The Morgan fingerprint density at radius 1 is 1.07 bits per heavy atom. The van der Waals surface area contributed by atoms with Crippen molar-refractivity contribution < 1.29 is 46.8 Å². The van der Waals surface area contributed by atoms with Crippen molar-refractivity contribution in [2.75, 3.05) is 25.4 Å². The standard InChI is InChI=1S/C27H30F6N4O4S/c28-17-9-14(10-18(29)22(17)30)19-11-37(36-35-19)23-20(39)13-42(21(12-38)24(23)40)25(26(41)5-7-34-8-6-26)15-3-1-2-4-16(15)27(31,32)33/h1-4,9-11,20-21,23-25,34,38-42H,5-8,12-13H2/t20-,21+,23-,24-,25+/m0/s1. The molecule has 0 radical (unpaired) electrons. The summed E-state index contributed by atoms with van der Waals surface area (Å²) in [5.74, 6) is -4.74. The van der Waals surface area contributed by atoms with Crippen LogP contribution < -0.4 is 5.32 Å². The monoisotopic (exact) mass is 620 g/mol. The molecule has 15 heteroatoms. The zero-order chi connectivity index (χ0) is 30.4. The average Bonchev–Trinajstić information content (AvgIpc) is 3.41. The summed E-state index contributed by atoms with van der Waals surface area (Å²) in [6.45, 7) is 0.0213. The number of benzene rings is 2. The van der Waals surface area contributed by atoms with E-state index >= 15 is 0 Å². The molecular formula is C27H30F6N4O4S. The molecule has 0 amide bonds. The third-order valence-electron chi connectivity index (χ3n) is 8.12. The second kappa shape index (κ2) is 11.8. The molecule has 230 valence electrons. The summed E-state index contributed by atoms with van der Waals surface area (Å²) in [6, 6.07) is 5.07. The van der Waals surface area contributed by atoms with Crippen molar-refractivity contribution in [3.63, 3.8) is 0 Å². The van der Waals surface area contributed by atoms with E-state index in [0.29, 0.717) is 25.2 Å². The lowest BCUT2D eigenvalue weighted by Gasteiger charge is -2.53. The number of alkyl halides is 3. The van der Waals surface area contributed by atoms with Crippen LogP contribution >= 0.6 is 10.9 Å². The lowest BCUT2D eigenvalue weighted by atomic mass is 9.84. The molecule has 3 aromatic rings. The van der Waals surface area contributed by atoms with Gasteiger partial charge in [0.05, 0.1) is 36.2 Å². The van der Waals surface area contributed by atoms with Crippen LogP contribution in [0.4, 0.5) is 26.3 Å². The maximum absolute atomic E-state index is 14.2. The predicted molar refractivity (Wildman–Crippen MR) is 142 cm³/mol. The van der Waals surface area contributed by atoms with Gasteiger partial charge in [-0.15, -0.1) is 5.10 Å². The van der Waals surface area contributed by atoms with Gasteiger partial charge in [-0.3, -0.25) is 0 Å². The van der Waals surface area contributed by atoms with E-state index < -0.39 is 81.0 Å². The quantitative estimate of drug-likeness (QED) is 0.142. The van der Waals surface area contributed by atoms with E-state index in [2.05, 4.69) is 15.6 Å². The van der Waals surface area contributed by atoms with Crippen molar-refractivity contribution in [2.24, 2.45) is 0 Å². The number of aliphatic hydroxyl groups is 4. The molecule has 2 saturated heterocycles. The highest BCUT2D eigenvalue weighted by molar-refractivity contribution is 8.18. The third kappa shape index (κ3) is 5.65. The normalized spacial score (nSPS) is 28.0. The van der Waals surface area contributed by atoms with Gasteiger partial charge in [-0.2, -0.15) is 13.2 Å². The molecule has 0 spiro atoms. The molecule has 5 rings (SSSR count). The number of thiol groups is 1. The molecule has 8 nitrogen and oxygen atoms in total. The van der Waals surface area contributed by atoms with Crippen LogP contribution in [0.15, 0.2) is 42.6 Å². The third-order valence-corrected chi connectivity index (χ3v) is 11.7. The maximum Gasteiger partial charge on any atom is 0.416 e. The highest BCUT2D eigenvalue weighted by atomic mass is 32.2. The van der Waals surface area contributed by atoms with Crippen LogP contribution in [-0.2, 0) is 6.18 Å². The first-order chi connectivity index (χ1) is 19.9. The second-order valence-electron chi connectivity index (χ2n) is 10.7. The number of hydrogen-bond acceptors (Lipinski definition) is 7. The van der Waals surface area contributed by atoms with Gasteiger partial charge in [-0.1, -0.05) is 23.4 Å². The van der Waals surface area contributed by atoms with E-state index in [1.165, 1.54) is 24.4 Å². The van der Waals surface area contributed by atoms with Crippen molar-refractivity contribution in [3.8, 4) is 11.3 Å². The number of hydrogen-bond donors (Lipinski definition) is 6. The Morgan fingerprint density at radius 3 is 2.33 bits per heavy atom. The van der Waals surface area contributed by atoms with Crippen molar-refractivity contribution >= 4 is 10.9 Å². The highest BCUT2D eigenvalue weighted by Gasteiger charge is 2.52. The Kier molecular flexibility index (Phi) is 8.62. The number of piperidine rings is 1. The zero-order valence-corrected chi connectivity index (χ0v) is 22.9. The summed E-state index contributed by atoms with van der Waals surface area (Å²) in [5, 5.41) is 53.6. The number of nitrogens with one attached hydrogen (secondary N) is 1. The van der Waals surface area contributed by atoms with Crippen molar-refractivity contribution in [1.82, 2.24) is 20.3 Å². The van der Waals surface area contributed by atoms with Gasteiger partial charge >= 0.3 is 6.18 Å². The number of aromatic nitrogens is 3. The fourth-order valence-corrected chi connectivity index (χ4v) is 9.86. The van der Waals surface area contributed by atoms with Crippen LogP contribution in [0.2, 0.25) is 0 Å². The van der Waals surface area contributed by atoms with Gasteiger partial charge in [0, 0.05) is 21.8 Å². The van der Waals surface area contributed by atoms with Gasteiger partial charge in [-0.05, 0) is 49.7 Å². The summed E-state index contributed by atoms with van der Waals surface area (Å²) in [6.07, 6.45) is -6.28. The summed E-state index contributed by atoms with van der Waals surface area (Å²) in [5.41, 5.74) is -2.97. The molecule has 0 aliphatic carbocycles. The van der Waals surface area contributed by atoms with Crippen LogP contribution in [0.25, 0.3) is 11.3 Å². The Morgan fingerprint density at radius 2 is 1.71 bits per heavy atom. The van der Waals surface area contributed by atoms with Crippen molar-refractivity contribution in [1.29, 1.82) is 0 Å². The molecule has 1 unspecified atom stereocenters. The van der Waals surface area contributed by atoms with Gasteiger partial charge in [-0.25, -0.2) is 28.7 Å². The molecular weight excluding hydrogens is 590 g/mol. The smallest absolute Gasteiger partial charge is 0.395 e. The molecule has 42 heavy (non-hydrogen) atoms. The predicted octanol–water partition coefficient (Wildman–Crippen LogP) is 2.88. The molecule has 0 bridgehead atoms. The highest BCUT2D eigenvalue weighted by Crippen LogP contribution is 2.60. The van der Waals surface area contributed by atoms with Gasteiger partial charge < -0.3 is 25.7 Å². The van der Waals surface area contributed by atoms with Gasteiger partial charge in [0.2, 0.25) is 0 Å². The first kappa shape index (κ1) is 30.8. The number of halogens is 6. The summed E-state index contributed by atoms with van der Waals surface area (Å²) < 4.78 is 84.6. The van der Waals surface area contributed by atoms with E-state index in [1.54, 1.807) is 0 Å². The minimum absolute atomic E-state index is 0.0958. The molecule has 2 aromatic carbocycles. The molecule has 0 saturated carbocycles. The molecule has 2 aliphatic heterocycles.